The molecule has 0 bridgehead atoms. The number of hydrogen-bond acceptors (Lipinski definition) is 7. The van der Waals surface area contributed by atoms with E-state index in [-0.39, 0.29) is 11.4 Å². The summed E-state index contributed by atoms with van der Waals surface area (Å²) >= 11 is 0. The Morgan fingerprint density at radius 3 is 2.59 bits per heavy atom. The van der Waals surface area contributed by atoms with Crippen molar-refractivity contribution in [2.75, 3.05) is 31.1 Å². The number of nitro groups is 1. The van der Waals surface area contributed by atoms with Gasteiger partial charge in [0.1, 0.15) is 0 Å². The average Bonchev–Trinajstić information content (AvgIpc) is 2.74. The van der Waals surface area contributed by atoms with Crippen LogP contribution in [-0.2, 0) is 13.0 Å². The number of H-pyrrole nitrogens is 1. The molecule has 1 fully saturated rings. The monoisotopic (exact) mass is 394 g/mol. The number of nitrogens with zero attached hydrogens (tertiary/aromatic N) is 5. The van der Waals surface area contributed by atoms with E-state index in [1.165, 1.54) is 6.07 Å². The van der Waals surface area contributed by atoms with E-state index in [1.807, 2.05) is 25.3 Å². The van der Waals surface area contributed by atoms with Crippen LogP contribution >= 0.6 is 0 Å². The molecule has 0 spiro atoms. The van der Waals surface area contributed by atoms with Crippen LogP contribution in [0.1, 0.15) is 18.1 Å². The van der Waals surface area contributed by atoms with E-state index >= 15 is 0 Å². The Kier molecular flexibility index (Phi) is 5.22. The van der Waals surface area contributed by atoms with Gasteiger partial charge in [0.25, 0.3) is 5.56 Å². The summed E-state index contributed by atoms with van der Waals surface area (Å²) in [6.07, 6.45) is 4.11. The normalized spacial score (nSPS) is 15.0. The number of aryl methyl sites for hydroxylation is 1. The number of rotatable bonds is 5. The molecule has 0 saturated carbocycles. The van der Waals surface area contributed by atoms with Crippen molar-refractivity contribution < 1.29 is 4.92 Å². The highest BCUT2D eigenvalue weighted by atomic mass is 16.6. The molecule has 0 aromatic carbocycles. The second-order valence-corrected chi connectivity index (χ2v) is 7.15. The SMILES string of the molecule is CCc1cc2ncc(CN3CCN(c4ccc([N+](=O)[O-])nc4)CC3)cc2[nH]c1=O. The number of pyridine rings is 3. The van der Waals surface area contributed by atoms with E-state index in [1.54, 1.807) is 12.3 Å². The standard InChI is InChI=1S/C20H22N6O3/c1-2-15-10-17-18(23-20(15)27)9-14(11-21-17)13-24-5-7-25(8-6-24)16-3-4-19(22-12-16)26(28)29/h3-4,9-12H,2,5-8,13H2,1H3,(H,23,27). The molecule has 0 unspecified atom stereocenters. The maximum Gasteiger partial charge on any atom is 0.363 e. The first kappa shape index (κ1) is 19.0. The highest BCUT2D eigenvalue weighted by Gasteiger charge is 2.19. The first-order chi connectivity index (χ1) is 14.0. The predicted molar refractivity (Wildman–Crippen MR) is 110 cm³/mol. The summed E-state index contributed by atoms with van der Waals surface area (Å²) in [7, 11) is 0. The smallest absolute Gasteiger partial charge is 0.363 e. The van der Waals surface area contributed by atoms with Crippen molar-refractivity contribution >= 4 is 22.5 Å². The molecular formula is C20H22N6O3. The van der Waals surface area contributed by atoms with E-state index in [0.29, 0.717) is 6.42 Å². The Morgan fingerprint density at radius 2 is 1.93 bits per heavy atom. The molecule has 0 aliphatic carbocycles. The van der Waals surface area contributed by atoms with Crippen LogP contribution in [0.4, 0.5) is 11.5 Å². The molecule has 1 saturated heterocycles. The molecule has 0 amide bonds. The van der Waals surface area contributed by atoms with Crippen molar-refractivity contribution in [1.29, 1.82) is 0 Å². The topological polar surface area (TPSA) is 108 Å². The molecule has 150 valence electrons. The van der Waals surface area contributed by atoms with Crippen molar-refractivity contribution in [3.8, 4) is 0 Å². The van der Waals surface area contributed by atoms with Gasteiger partial charge in [-0.3, -0.25) is 14.7 Å². The molecular weight excluding hydrogens is 372 g/mol. The van der Waals surface area contributed by atoms with Crippen LogP contribution < -0.4 is 10.5 Å². The summed E-state index contributed by atoms with van der Waals surface area (Å²) in [4.78, 5) is 38.1. The largest absolute Gasteiger partial charge is 0.366 e. The lowest BCUT2D eigenvalue weighted by molar-refractivity contribution is -0.389. The molecule has 4 heterocycles. The number of piperazine rings is 1. The van der Waals surface area contributed by atoms with Crippen molar-refractivity contribution in [2.45, 2.75) is 19.9 Å². The predicted octanol–water partition coefficient (Wildman–Crippen LogP) is 2.11. The van der Waals surface area contributed by atoms with Crippen LogP contribution in [0.15, 0.2) is 41.5 Å². The lowest BCUT2D eigenvalue weighted by atomic mass is 10.1. The molecule has 9 nitrogen and oxygen atoms in total. The number of fused-ring (bicyclic) bond motifs is 1. The van der Waals surface area contributed by atoms with Crippen LogP contribution in [-0.4, -0.2) is 51.0 Å². The van der Waals surface area contributed by atoms with Crippen LogP contribution in [0, 0.1) is 10.1 Å². The molecule has 9 heteroatoms. The third-order valence-corrected chi connectivity index (χ3v) is 5.27. The molecule has 1 N–H and O–H groups in total. The summed E-state index contributed by atoms with van der Waals surface area (Å²) in [5.41, 5.74) is 4.22. The maximum absolute atomic E-state index is 12.1. The van der Waals surface area contributed by atoms with Crippen molar-refractivity contribution in [3.63, 3.8) is 0 Å². The minimum absolute atomic E-state index is 0.0516. The van der Waals surface area contributed by atoms with Gasteiger partial charge in [0, 0.05) is 50.6 Å². The molecule has 0 atom stereocenters. The third-order valence-electron chi connectivity index (χ3n) is 5.27. The number of hydrogen-bond donors (Lipinski definition) is 1. The van der Waals surface area contributed by atoms with E-state index in [9.17, 15) is 14.9 Å². The minimum atomic E-state index is -0.490. The van der Waals surface area contributed by atoms with E-state index < -0.39 is 4.92 Å². The minimum Gasteiger partial charge on any atom is -0.366 e. The van der Waals surface area contributed by atoms with Gasteiger partial charge in [-0.15, -0.1) is 0 Å². The molecule has 1 aliphatic rings. The van der Waals surface area contributed by atoms with Gasteiger partial charge >= 0.3 is 5.82 Å². The van der Waals surface area contributed by atoms with E-state index in [4.69, 9.17) is 0 Å². The summed E-state index contributed by atoms with van der Waals surface area (Å²) in [5.74, 6) is -0.139. The number of anilines is 1. The lowest BCUT2D eigenvalue weighted by Crippen LogP contribution is -2.46. The fourth-order valence-corrected chi connectivity index (χ4v) is 3.61. The summed E-state index contributed by atoms with van der Waals surface area (Å²) < 4.78 is 0. The summed E-state index contributed by atoms with van der Waals surface area (Å²) in [6, 6.07) is 7.03. The van der Waals surface area contributed by atoms with Crippen molar-refractivity contribution in [3.05, 3.63) is 68.3 Å². The fraction of sp³-hybridized carbons (Fsp3) is 0.350. The highest BCUT2D eigenvalue weighted by molar-refractivity contribution is 5.74. The zero-order chi connectivity index (χ0) is 20.4. The second-order valence-electron chi connectivity index (χ2n) is 7.15. The zero-order valence-electron chi connectivity index (χ0n) is 16.2. The Hall–Kier alpha value is -3.33. The second kappa shape index (κ2) is 7.96. The van der Waals surface area contributed by atoms with Gasteiger partial charge in [0.15, 0.2) is 6.20 Å². The molecule has 3 aromatic heterocycles. The summed E-state index contributed by atoms with van der Waals surface area (Å²) in [6.45, 7) is 6.07. The number of aromatic amines is 1. The number of nitrogens with one attached hydrogen (secondary N) is 1. The number of aromatic nitrogens is 3. The Labute approximate surface area is 167 Å². The third kappa shape index (κ3) is 4.09. The van der Waals surface area contributed by atoms with Crippen molar-refractivity contribution in [1.82, 2.24) is 19.9 Å². The fourth-order valence-electron chi connectivity index (χ4n) is 3.61. The average molecular weight is 394 g/mol. The van der Waals surface area contributed by atoms with Crippen molar-refractivity contribution in [2.24, 2.45) is 0 Å². The molecule has 0 radical (unpaired) electrons. The molecule has 1 aliphatic heterocycles. The first-order valence-electron chi connectivity index (χ1n) is 9.62. The van der Waals surface area contributed by atoms with E-state index in [0.717, 1.165) is 60.6 Å². The Balaban J connectivity index is 1.40. The highest BCUT2D eigenvalue weighted by Crippen LogP contribution is 2.19. The van der Waals surface area contributed by atoms with Gasteiger partial charge in [-0.2, -0.15) is 0 Å². The maximum atomic E-state index is 12.1. The summed E-state index contributed by atoms with van der Waals surface area (Å²) in [5, 5.41) is 10.7. The van der Waals surface area contributed by atoms with Crippen LogP contribution in [0.25, 0.3) is 11.0 Å². The molecule has 4 rings (SSSR count). The quantitative estimate of drug-likeness (QED) is 0.521. The van der Waals surface area contributed by atoms with E-state index in [2.05, 4.69) is 24.8 Å². The van der Waals surface area contributed by atoms with Gasteiger partial charge < -0.3 is 20.0 Å². The van der Waals surface area contributed by atoms with Gasteiger partial charge in [0.2, 0.25) is 0 Å². The Bertz CT molecular complexity index is 1090. The first-order valence-corrected chi connectivity index (χ1v) is 9.62. The Morgan fingerprint density at radius 1 is 1.14 bits per heavy atom. The van der Waals surface area contributed by atoms with Crippen LogP contribution in [0.3, 0.4) is 0 Å². The molecule has 29 heavy (non-hydrogen) atoms. The molecule has 3 aromatic rings. The van der Waals surface area contributed by atoms with Crippen LogP contribution in [0.2, 0.25) is 0 Å². The van der Waals surface area contributed by atoms with Gasteiger partial charge in [0.05, 0.1) is 16.7 Å². The van der Waals surface area contributed by atoms with Crippen LogP contribution in [0.5, 0.6) is 0 Å². The van der Waals surface area contributed by atoms with Gasteiger partial charge in [-0.1, -0.05) is 6.92 Å². The zero-order valence-corrected chi connectivity index (χ0v) is 16.2. The van der Waals surface area contributed by atoms with Gasteiger partial charge in [-0.25, -0.2) is 0 Å². The van der Waals surface area contributed by atoms with Gasteiger partial charge in [-0.05, 0) is 40.1 Å². The lowest BCUT2D eigenvalue weighted by Gasteiger charge is -2.35.